The van der Waals surface area contributed by atoms with Crippen molar-refractivity contribution < 1.29 is 9.59 Å². The summed E-state index contributed by atoms with van der Waals surface area (Å²) in [6.07, 6.45) is 0. The summed E-state index contributed by atoms with van der Waals surface area (Å²) >= 11 is 0. The van der Waals surface area contributed by atoms with Crippen molar-refractivity contribution in [3.8, 4) is 0 Å². The van der Waals surface area contributed by atoms with Crippen molar-refractivity contribution >= 4 is 11.8 Å². The fourth-order valence-electron chi connectivity index (χ4n) is 0.811. The monoisotopic (exact) mass is 230 g/mol. The number of amides is 2. The van der Waals surface area contributed by atoms with E-state index in [4.69, 9.17) is 11.7 Å². The van der Waals surface area contributed by atoms with Crippen LogP contribution >= 0.6 is 0 Å². The number of nitrogens with two attached hydrogens (primary N) is 2. The maximum Gasteiger partial charge on any atom is 0.238 e. The zero-order valence-corrected chi connectivity index (χ0v) is 9.43. The Balaban J connectivity index is 3.86. The van der Waals surface area contributed by atoms with Crippen molar-refractivity contribution in [1.29, 1.82) is 0 Å². The van der Waals surface area contributed by atoms with Gasteiger partial charge in [0.2, 0.25) is 11.8 Å². The highest BCUT2D eigenvalue weighted by Crippen LogP contribution is 1.98. The van der Waals surface area contributed by atoms with E-state index in [-0.39, 0.29) is 36.7 Å². The predicted octanol–water partition coefficient (Wildman–Crippen LogP) is -1.31. The van der Waals surface area contributed by atoms with Crippen molar-refractivity contribution in [1.82, 2.24) is 10.9 Å². The number of azo groups is 1. The highest BCUT2D eigenvalue weighted by molar-refractivity contribution is 5.78. The molecule has 16 heavy (non-hydrogen) atoms. The molecule has 6 N–H and O–H groups in total. The van der Waals surface area contributed by atoms with E-state index in [9.17, 15) is 9.59 Å². The molecular weight excluding hydrogens is 212 g/mol. The van der Waals surface area contributed by atoms with Crippen LogP contribution in [-0.4, -0.2) is 24.9 Å². The Bertz CT molecular complexity index is 241. The van der Waals surface area contributed by atoms with Crippen molar-refractivity contribution in [3.63, 3.8) is 0 Å². The van der Waals surface area contributed by atoms with Crippen LogP contribution in [-0.2, 0) is 9.59 Å². The third kappa shape index (κ3) is 5.37. The average Bonchev–Trinajstić information content (AvgIpc) is 2.31. The van der Waals surface area contributed by atoms with Crippen LogP contribution < -0.4 is 22.5 Å². The van der Waals surface area contributed by atoms with Crippen molar-refractivity contribution in [2.75, 3.05) is 13.1 Å². The third-order valence-electron chi connectivity index (χ3n) is 1.99. The summed E-state index contributed by atoms with van der Waals surface area (Å²) < 4.78 is 0. The Morgan fingerprint density at radius 3 is 1.56 bits per heavy atom. The number of hydrogen-bond acceptors (Lipinski definition) is 6. The number of carbonyl (C=O) groups excluding carboxylic acids is 2. The van der Waals surface area contributed by atoms with E-state index in [1.807, 2.05) is 10.9 Å². The van der Waals surface area contributed by atoms with Crippen LogP contribution in [0.1, 0.15) is 13.8 Å². The number of nitrogens with one attached hydrogen (secondary N) is 2. The van der Waals surface area contributed by atoms with E-state index in [0.717, 1.165) is 0 Å². The molecule has 0 bridgehead atoms. The van der Waals surface area contributed by atoms with Crippen molar-refractivity contribution in [2.24, 2.45) is 33.7 Å². The van der Waals surface area contributed by atoms with Crippen LogP contribution in [0.4, 0.5) is 0 Å². The number of carbonyl (C=O) groups is 2. The largest absolute Gasteiger partial charge is 0.294 e. The molecule has 0 rings (SSSR count). The molecular formula is C8H18N6O2. The van der Waals surface area contributed by atoms with Gasteiger partial charge in [-0.25, -0.2) is 11.7 Å². The molecule has 0 aliphatic heterocycles. The Kier molecular flexibility index (Phi) is 6.97. The number of hydrazine groups is 2. The van der Waals surface area contributed by atoms with Gasteiger partial charge in [0.05, 0.1) is 24.9 Å². The summed E-state index contributed by atoms with van der Waals surface area (Å²) in [5, 5.41) is 7.57. The zero-order chi connectivity index (χ0) is 12.6. The van der Waals surface area contributed by atoms with Gasteiger partial charge in [0.25, 0.3) is 0 Å². The molecule has 2 unspecified atom stereocenters. The fraction of sp³-hybridized carbons (Fsp3) is 0.750. The third-order valence-corrected chi connectivity index (χ3v) is 1.99. The van der Waals surface area contributed by atoms with Crippen LogP contribution in [0.25, 0.3) is 0 Å². The molecule has 2 amide bonds. The molecule has 0 saturated heterocycles. The molecule has 0 radical (unpaired) electrons. The lowest BCUT2D eigenvalue weighted by molar-refractivity contribution is -0.125. The van der Waals surface area contributed by atoms with Gasteiger partial charge >= 0.3 is 0 Å². The SMILES string of the molecule is CC(CN=NCC(C)C(=O)NN)C(=O)NN. The molecule has 92 valence electrons. The van der Waals surface area contributed by atoms with Crippen LogP contribution in [0.3, 0.4) is 0 Å². The number of hydrogen-bond donors (Lipinski definition) is 4. The summed E-state index contributed by atoms with van der Waals surface area (Å²) in [4.78, 5) is 22.0. The molecule has 0 aliphatic rings. The first-order valence-corrected chi connectivity index (χ1v) is 4.87. The van der Waals surface area contributed by atoms with Gasteiger partial charge in [-0.3, -0.25) is 20.4 Å². The van der Waals surface area contributed by atoms with E-state index in [1.165, 1.54) is 0 Å². The molecule has 8 heteroatoms. The van der Waals surface area contributed by atoms with Gasteiger partial charge < -0.3 is 0 Å². The standard InChI is InChI=1S/C8H18N6O2/c1-5(7(15)13-9)3-11-12-4-6(2)8(16)14-10/h5-6H,3-4,9-10H2,1-2H3,(H,13,15)(H,14,16). The van der Waals surface area contributed by atoms with E-state index < -0.39 is 0 Å². The lowest BCUT2D eigenvalue weighted by atomic mass is 10.2. The molecule has 0 aliphatic carbocycles. The molecule has 8 nitrogen and oxygen atoms in total. The van der Waals surface area contributed by atoms with Gasteiger partial charge in [0.15, 0.2) is 0 Å². The molecule has 0 aromatic rings. The van der Waals surface area contributed by atoms with Gasteiger partial charge in [-0.05, 0) is 0 Å². The summed E-state index contributed by atoms with van der Waals surface area (Å²) in [7, 11) is 0. The normalized spacial score (nSPS) is 14.5. The topological polar surface area (TPSA) is 135 Å². The minimum absolute atomic E-state index is 0.236. The van der Waals surface area contributed by atoms with Gasteiger partial charge in [0, 0.05) is 0 Å². The van der Waals surface area contributed by atoms with Gasteiger partial charge in [-0.1, -0.05) is 13.8 Å². The van der Waals surface area contributed by atoms with E-state index in [2.05, 4.69) is 10.2 Å². The van der Waals surface area contributed by atoms with E-state index >= 15 is 0 Å². The summed E-state index contributed by atoms with van der Waals surface area (Å²) in [6.45, 7) is 3.83. The smallest absolute Gasteiger partial charge is 0.238 e. The first-order chi connectivity index (χ1) is 7.52. The summed E-state index contributed by atoms with van der Waals surface area (Å²) in [6, 6.07) is 0. The van der Waals surface area contributed by atoms with Crippen LogP contribution in [0.5, 0.6) is 0 Å². The lowest BCUT2D eigenvalue weighted by Gasteiger charge is -2.06. The molecule has 2 atom stereocenters. The second-order valence-electron chi connectivity index (χ2n) is 3.47. The molecule has 0 aromatic carbocycles. The summed E-state index contributed by atoms with van der Waals surface area (Å²) in [5.41, 5.74) is 4.04. The van der Waals surface area contributed by atoms with Crippen LogP contribution in [0, 0.1) is 11.8 Å². The minimum atomic E-state index is -0.340. The molecule has 0 spiro atoms. The minimum Gasteiger partial charge on any atom is -0.294 e. The van der Waals surface area contributed by atoms with E-state index in [1.54, 1.807) is 13.8 Å². The maximum absolute atomic E-state index is 11.0. The first kappa shape index (κ1) is 14.5. The maximum atomic E-state index is 11.0. The summed E-state index contributed by atoms with van der Waals surface area (Å²) in [5.74, 6) is 8.61. The second-order valence-corrected chi connectivity index (χ2v) is 3.47. The first-order valence-electron chi connectivity index (χ1n) is 4.87. The van der Waals surface area contributed by atoms with Crippen molar-refractivity contribution in [3.05, 3.63) is 0 Å². The second kappa shape index (κ2) is 7.71. The Hall–Kier alpha value is -1.54. The van der Waals surface area contributed by atoms with Gasteiger partial charge in [-0.15, -0.1) is 0 Å². The Labute approximate surface area is 93.8 Å². The van der Waals surface area contributed by atoms with Gasteiger partial charge in [0.1, 0.15) is 0 Å². The fourth-order valence-corrected chi connectivity index (χ4v) is 0.811. The highest BCUT2D eigenvalue weighted by atomic mass is 16.2. The zero-order valence-electron chi connectivity index (χ0n) is 9.43. The van der Waals surface area contributed by atoms with Crippen LogP contribution in [0.15, 0.2) is 10.2 Å². The lowest BCUT2D eigenvalue weighted by Crippen LogP contribution is -2.36. The van der Waals surface area contributed by atoms with Crippen molar-refractivity contribution in [2.45, 2.75) is 13.8 Å². The quantitative estimate of drug-likeness (QED) is 0.195. The molecule has 0 fully saturated rings. The number of nitrogens with zero attached hydrogens (tertiary/aromatic N) is 2. The Morgan fingerprint density at radius 2 is 1.31 bits per heavy atom. The molecule has 0 aromatic heterocycles. The predicted molar refractivity (Wildman–Crippen MR) is 57.6 cm³/mol. The average molecular weight is 230 g/mol. The molecule has 0 saturated carbocycles. The van der Waals surface area contributed by atoms with E-state index in [0.29, 0.717) is 0 Å². The van der Waals surface area contributed by atoms with Gasteiger partial charge in [-0.2, -0.15) is 10.2 Å². The molecule has 0 heterocycles. The number of rotatable bonds is 6. The Morgan fingerprint density at radius 1 is 1.00 bits per heavy atom. The van der Waals surface area contributed by atoms with Crippen LogP contribution in [0.2, 0.25) is 0 Å². The highest BCUT2D eigenvalue weighted by Gasteiger charge is 2.11.